The van der Waals surface area contributed by atoms with E-state index in [4.69, 9.17) is 0 Å². The van der Waals surface area contributed by atoms with Crippen molar-refractivity contribution < 1.29 is 0 Å². The minimum atomic E-state index is -0.0922. The van der Waals surface area contributed by atoms with Gasteiger partial charge in [0.1, 0.15) is 0 Å². The quantitative estimate of drug-likeness (QED) is 0.155. The van der Waals surface area contributed by atoms with E-state index >= 15 is 0 Å². The largest absolute Gasteiger partial charge is 0.311 e. The van der Waals surface area contributed by atoms with Crippen molar-refractivity contribution >= 4 is 102 Å². The van der Waals surface area contributed by atoms with Crippen LogP contribution in [0.5, 0.6) is 0 Å². The van der Waals surface area contributed by atoms with Crippen LogP contribution in [0.3, 0.4) is 0 Å². The fourth-order valence-electron chi connectivity index (χ4n) is 12.1. The molecule has 1 aliphatic carbocycles. The second-order valence-electron chi connectivity index (χ2n) is 20.0. The van der Waals surface area contributed by atoms with E-state index in [1.807, 2.05) is 22.7 Å². The molecule has 0 bridgehead atoms. The van der Waals surface area contributed by atoms with Crippen molar-refractivity contribution in [2.24, 2.45) is 0 Å². The first kappa shape index (κ1) is 42.2. The molecule has 3 aromatic heterocycles. The van der Waals surface area contributed by atoms with Gasteiger partial charge >= 0.3 is 0 Å². The van der Waals surface area contributed by atoms with Crippen molar-refractivity contribution in [2.45, 2.75) is 19.3 Å². The zero-order valence-electron chi connectivity index (χ0n) is 40.3. The molecule has 0 unspecified atom stereocenters. The summed E-state index contributed by atoms with van der Waals surface area (Å²) in [4.78, 5) is 2.40. The number of rotatable bonds is 7. The third-order valence-electron chi connectivity index (χ3n) is 15.6. The summed E-state index contributed by atoms with van der Waals surface area (Å²) < 4.78 is 7.73. The molecule has 0 amide bonds. The Balaban J connectivity index is 0.846. The number of thiophene rings is 2. The molecular formula is C69H46N2S2. The van der Waals surface area contributed by atoms with Crippen LogP contribution in [-0.4, -0.2) is 4.57 Å². The molecule has 0 fully saturated rings. The summed E-state index contributed by atoms with van der Waals surface area (Å²) in [6.45, 7) is 4.74. The van der Waals surface area contributed by atoms with Gasteiger partial charge in [-0.25, -0.2) is 0 Å². The first-order chi connectivity index (χ1) is 35.9. The number of anilines is 3. The lowest BCUT2D eigenvalue weighted by Crippen LogP contribution is -2.14. The highest BCUT2D eigenvalue weighted by atomic mass is 32.1. The SMILES string of the molecule is CC1(C)c2ccccc2-c2cc3c4cc(-c5ccc(N(c6ccc(-c7cccc8sc9ccccc9c78)cc6)c6ccc(-c7cccc8sc9ccccc9c78)cc6)cc5)ccc4n(-c4ccccc4)c3cc21. The van der Waals surface area contributed by atoms with Crippen LogP contribution in [0.25, 0.3) is 112 Å². The molecule has 0 aliphatic heterocycles. The number of nitrogens with zero attached hydrogens (tertiary/aromatic N) is 2. The van der Waals surface area contributed by atoms with Crippen molar-refractivity contribution in [1.82, 2.24) is 4.57 Å². The van der Waals surface area contributed by atoms with Gasteiger partial charge < -0.3 is 9.47 Å². The van der Waals surface area contributed by atoms with Gasteiger partial charge in [0.25, 0.3) is 0 Å². The summed E-state index contributed by atoms with van der Waals surface area (Å²) in [6, 6.07) is 90.3. The second-order valence-corrected chi connectivity index (χ2v) is 22.2. The van der Waals surface area contributed by atoms with Crippen LogP contribution in [0.2, 0.25) is 0 Å². The van der Waals surface area contributed by atoms with Crippen LogP contribution in [0.1, 0.15) is 25.0 Å². The van der Waals surface area contributed by atoms with Crippen LogP contribution in [0.15, 0.2) is 243 Å². The van der Waals surface area contributed by atoms with Crippen LogP contribution >= 0.6 is 22.7 Å². The summed E-state index contributed by atoms with van der Waals surface area (Å²) in [7, 11) is 0. The molecule has 2 nitrogen and oxygen atoms in total. The summed E-state index contributed by atoms with van der Waals surface area (Å²) >= 11 is 3.73. The molecule has 0 N–H and O–H groups in total. The van der Waals surface area contributed by atoms with Gasteiger partial charge in [0.2, 0.25) is 0 Å². The third kappa shape index (κ3) is 6.54. The Labute approximate surface area is 431 Å². The van der Waals surface area contributed by atoms with Crippen LogP contribution < -0.4 is 4.90 Å². The molecule has 0 radical (unpaired) electrons. The normalized spacial score (nSPS) is 12.9. The van der Waals surface area contributed by atoms with Gasteiger partial charge in [-0.05, 0) is 153 Å². The predicted octanol–water partition coefficient (Wildman–Crippen LogP) is 20.3. The van der Waals surface area contributed by atoms with E-state index in [0.29, 0.717) is 0 Å². The highest BCUT2D eigenvalue weighted by Crippen LogP contribution is 2.52. The number of hydrogen-bond acceptors (Lipinski definition) is 3. The third-order valence-corrected chi connectivity index (χ3v) is 17.9. The minimum absolute atomic E-state index is 0.0922. The average Bonchev–Trinajstić information content (AvgIpc) is 4.18. The van der Waals surface area contributed by atoms with E-state index in [1.54, 1.807) is 0 Å². The lowest BCUT2D eigenvalue weighted by atomic mass is 9.82. The highest BCUT2D eigenvalue weighted by molar-refractivity contribution is 7.26. The molecular weight excluding hydrogens is 921 g/mol. The van der Waals surface area contributed by atoms with Crippen molar-refractivity contribution in [1.29, 1.82) is 0 Å². The van der Waals surface area contributed by atoms with Crippen LogP contribution in [0.4, 0.5) is 17.1 Å². The maximum absolute atomic E-state index is 2.47. The monoisotopic (exact) mass is 966 g/mol. The van der Waals surface area contributed by atoms with Crippen molar-refractivity contribution in [3.8, 4) is 50.2 Å². The molecule has 11 aromatic carbocycles. The molecule has 344 valence electrons. The Bertz CT molecular complexity index is 4340. The average molecular weight is 967 g/mol. The summed E-state index contributed by atoms with van der Waals surface area (Å²) in [5.41, 5.74) is 19.6. The maximum Gasteiger partial charge on any atom is 0.0544 e. The lowest BCUT2D eigenvalue weighted by Gasteiger charge is -2.26. The molecule has 1 aliphatic rings. The van der Waals surface area contributed by atoms with E-state index in [0.717, 1.165) is 17.1 Å². The fourth-order valence-corrected chi connectivity index (χ4v) is 14.4. The molecule has 73 heavy (non-hydrogen) atoms. The Hall–Kier alpha value is -8.54. The van der Waals surface area contributed by atoms with Crippen molar-refractivity contribution in [3.05, 3.63) is 254 Å². The van der Waals surface area contributed by atoms with Gasteiger partial charge in [-0.3, -0.25) is 0 Å². The van der Waals surface area contributed by atoms with Gasteiger partial charge in [0.05, 0.1) is 11.0 Å². The molecule has 0 atom stereocenters. The Kier molecular flexibility index (Phi) is 9.38. The summed E-state index contributed by atoms with van der Waals surface area (Å²) in [5.74, 6) is 0. The number of aromatic nitrogens is 1. The smallest absolute Gasteiger partial charge is 0.0544 e. The number of hydrogen-bond donors (Lipinski definition) is 0. The topological polar surface area (TPSA) is 8.17 Å². The first-order valence-electron chi connectivity index (χ1n) is 25.1. The number of para-hydroxylation sites is 1. The standard InChI is InChI=1S/C69H46N2S2/c1-69(2)59-21-9-6-16-53(59)56-41-58-57-40-46(32-39-61(57)71(62(58)42-60(56)69)47-14-4-3-5-15-47)43-26-33-48(34-27-43)70(49-35-28-44(29-36-49)51-19-12-24-65-67(51)54-17-7-10-22-63(54)72-65)50-37-30-45(31-38-50)52-20-13-25-66-68(52)55-18-8-11-23-64(55)73-66/h3-42H,1-2H3. The lowest BCUT2D eigenvalue weighted by molar-refractivity contribution is 0.661. The molecule has 0 saturated heterocycles. The number of benzene rings is 11. The van der Waals surface area contributed by atoms with Crippen molar-refractivity contribution in [3.63, 3.8) is 0 Å². The molecule has 4 heteroatoms. The van der Waals surface area contributed by atoms with Gasteiger partial charge in [0, 0.05) is 79.3 Å². The Morgan fingerprint density at radius 3 is 1.41 bits per heavy atom. The molecule has 0 spiro atoms. The second kappa shape index (κ2) is 16.2. The zero-order valence-corrected chi connectivity index (χ0v) is 41.9. The fraction of sp³-hybridized carbons (Fsp3) is 0.0435. The van der Waals surface area contributed by atoms with E-state index in [1.165, 1.54) is 123 Å². The molecule has 0 saturated carbocycles. The maximum atomic E-state index is 2.47. The first-order valence-corrected chi connectivity index (χ1v) is 26.8. The van der Waals surface area contributed by atoms with Gasteiger partial charge in [-0.1, -0.05) is 159 Å². The van der Waals surface area contributed by atoms with E-state index in [-0.39, 0.29) is 5.41 Å². The summed E-state index contributed by atoms with van der Waals surface area (Å²) in [6.07, 6.45) is 0. The van der Waals surface area contributed by atoms with Crippen LogP contribution in [-0.2, 0) is 5.41 Å². The van der Waals surface area contributed by atoms with Crippen molar-refractivity contribution in [2.75, 3.05) is 4.90 Å². The molecule has 14 aromatic rings. The Morgan fingerprint density at radius 1 is 0.329 bits per heavy atom. The van der Waals surface area contributed by atoms with E-state index in [9.17, 15) is 0 Å². The van der Waals surface area contributed by atoms with Gasteiger partial charge in [-0.2, -0.15) is 0 Å². The molecule has 15 rings (SSSR count). The Morgan fingerprint density at radius 2 is 0.808 bits per heavy atom. The van der Waals surface area contributed by atoms with Crippen LogP contribution in [0, 0.1) is 0 Å². The highest BCUT2D eigenvalue weighted by Gasteiger charge is 2.36. The molecule has 3 heterocycles. The number of fused-ring (bicyclic) bond motifs is 12. The van der Waals surface area contributed by atoms with E-state index in [2.05, 4.69) is 266 Å². The predicted molar refractivity (Wildman–Crippen MR) is 315 cm³/mol. The van der Waals surface area contributed by atoms with E-state index < -0.39 is 0 Å². The minimum Gasteiger partial charge on any atom is -0.311 e. The zero-order chi connectivity index (χ0) is 48.4. The van der Waals surface area contributed by atoms with Gasteiger partial charge in [0.15, 0.2) is 0 Å². The van der Waals surface area contributed by atoms with Gasteiger partial charge in [-0.15, -0.1) is 22.7 Å². The summed E-state index contributed by atoms with van der Waals surface area (Å²) in [5, 5.41) is 7.81.